The second kappa shape index (κ2) is 9.60. The van der Waals surface area contributed by atoms with Crippen molar-refractivity contribution in [3.63, 3.8) is 0 Å². The summed E-state index contributed by atoms with van der Waals surface area (Å²) < 4.78 is 12.1. The molecule has 2 amide bonds. The molecule has 10 heteroatoms. The Morgan fingerprint density at radius 2 is 1.91 bits per heavy atom. The molecule has 2 aliphatic heterocycles. The Hall–Kier alpha value is -1.78. The van der Waals surface area contributed by atoms with Gasteiger partial charge in [0, 0.05) is 10.9 Å². The summed E-state index contributed by atoms with van der Waals surface area (Å²) in [6.07, 6.45) is 1.80. The molecular weight excluding hydrogens is 512 g/mol. The van der Waals surface area contributed by atoms with Crippen molar-refractivity contribution in [2.75, 3.05) is 17.0 Å². The molecular formula is C22H30BrN2O5SSi+. The van der Waals surface area contributed by atoms with Crippen molar-refractivity contribution in [3.8, 4) is 5.75 Å². The van der Waals surface area contributed by atoms with Gasteiger partial charge in [0.25, 0.3) is 20.1 Å². The van der Waals surface area contributed by atoms with Crippen LogP contribution in [0.1, 0.15) is 20.8 Å². The van der Waals surface area contributed by atoms with Crippen LogP contribution < -0.4 is 10.1 Å². The van der Waals surface area contributed by atoms with E-state index in [0.29, 0.717) is 21.9 Å². The molecule has 0 aliphatic carbocycles. The predicted molar refractivity (Wildman–Crippen MR) is 132 cm³/mol. The molecule has 0 radical (unpaired) electrons. The summed E-state index contributed by atoms with van der Waals surface area (Å²) >= 11 is 3.52. The highest BCUT2D eigenvalue weighted by Crippen LogP contribution is 2.40. The second-order valence-corrected chi connectivity index (χ2v) is 17.5. The van der Waals surface area contributed by atoms with E-state index < -0.39 is 20.3 Å². The van der Waals surface area contributed by atoms with E-state index >= 15 is 0 Å². The quantitative estimate of drug-likeness (QED) is 0.248. The fourth-order valence-electron chi connectivity index (χ4n) is 3.19. The summed E-state index contributed by atoms with van der Waals surface area (Å²) in [7, 11) is -2.57. The summed E-state index contributed by atoms with van der Waals surface area (Å²) in [6, 6.07) is 8.35. The van der Waals surface area contributed by atoms with E-state index in [1.807, 2.05) is 31.3 Å². The highest BCUT2D eigenvalue weighted by molar-refractivity contribution is 9.10. The third-order valence-electron chi connectivity index (χ3n) is 6.07. The fourth-order valence-corrected chi connectivity index (χ4v) is 7.31. The van der Waals surface area contributed by atoms with Gasteiger partial charge in [-0.15, -0.1) is 0 Å². The summed E-state index contributed by atoms with van der Waals surface area (Å²) in [5.74, 6) is 0.115. The first-order valence-electron chi connectivity index (χ1n) is 10.4. The molecule has 3 rings (SSSR count). The monoisotopic (exact) mass is 541 g/mol. The van der Waals surface area contributed by atoms with Gasteiger partial charge in [0.05, 0.1) is 0 Å². The van der Waals surface area contributed by atoms with Gasteiger partial charge in [-0.2, -0.15) is 0 Å². The van der Waals surface area contributed by atoms with Crippen LogP contribution in [0.5, 0.6) is 5.75 Å². The number of hydrogen-bond acceptors (Lipinski definition) is 5. The van der Waals surface area contributed by atoms with E-state index in [0.717, 1.165) is 0 Å². The highest BCUT2D eigenvalue weighted by Gasteiger charge is 2.62. The number of hydrogen-bond donors (Lipinski definition) is 1. The molecule has 1 saturated heterocycles. The summed E-state index contributed by atoms with van der Waals surface area (Å²) in [5.41, 5.74) is 0.292. The van der Waals surface area contributed by atoms with Gasteiger partial charge in [0.15, 0.2) is 17.3 Å². The topological polar surface area (TPSA) is 84.9 Å². The Balaban J connectivity index is 1.67. The molecule has 1 fully saturated rings. The van der Waals surface area contributed by atoms with Crippen molar-refractivity contribution in [1.82, 2.24) is 10.2 Å². The molecule has 1 aromatic carbocycles. The number of benzene rings is 1. The first-order valence-corrected chi connectivity index (χ1v) is 16.1. The largest absolute Gasteiger partial charge is 0.515 e. The average molecular weight is 543 g/mol. The fraction of sp³-hybridized carbons (Fsp3) is 0.500. The van der Waals surface area contributed by atoms with Gasteiger partial charge in [-0.05, 0) is 52.3 Å². The van der Waals surface area contributed by atoms with Crippen LogP contribution in [0.15, 0.2) is 42.1 Å². The summed E-state index contributed by atoms with van der Waals surface area (Å²) in [4.78, 5) is 39.9. The number of β-lactam (4-membered cyclic amide) rings is 1. The number of amides is 2. The summed E-state index contributed by atoms with van der Waals surface area (Å²) in [5, 5.41) is 2.39. The SMILES string of the molecule is CC(C)(C)[Si](C)(C)OC(=O)C1=CC[S+](CBr)[C@@H]2C(NC(=O)COc3ccccc3)C(=O)N12. The van der Waals surface area contributed by atoms with E-state index in [2.05, 4.69) is 42.0 Å². The van der Waals surface area contributed by atoms with E-state index in [-0.39, 0.29) is 39.7 Å². The third-order valence-corrected chi connectivity index (χ3v) is 14.2. The Morgan fingerprint density at radius 3 is 2.50 bits per heavy atom. The van der Waals surface area contributed by atoms with Crippen molar-refractivity contribution in [1.29, 1.82) is 0 Å². The number of alkyl halides is 1. The molecule has 0 aromatic heterocycles. The third kappa shape index (κ3) is 5.07. The lowest BCUT2D eigenvalue weighted by Crippen LogP contribution is -2.74. The van der Waals surface area contributed by atoms with E-state index in [4.69, 9.17) is 9.16 Å². The zero-order chi connectivity index (χ0) is 23.7. The molecule has 32 heavy (non-hydrogen) atoms. The molecule has 2 aliphatic rings. The van der Waals surface area contributed by atoms with Gasteiger partial charge < -0.3 is 14.5 Å². The molecule has 0 spiro atoms. The van der Waals surface area contributed by atoms with Gasteiger partial charge in [-0.1, -0.05) is 39.0 Å². The van der Waals surface area contributed by atoms with Crippen LogP contribution in [0.2, 0.25) is 18.1 Å². The van der Waals surface area contributed by atoms with Crippen LogP contribution in [0.3, 0.4) is 0 Å². The number of para-hydroxylation sites is 1. The van der Waals surface area contributed by atoms with Crippen molar-refractivity contribution in [3.05, 3.63) is 42.1 Å². The number of ether oxygens (including phenoxy) is 1. The minimum atomic E-state index is -2.33. The molecule has 2 heterocycles. The smallest absolute Gasteiger partial charge is 0.341 e. The van der Waals surface area contributed by atoms with E-state index in [1.165, 1.54) is 4.90 Å². The minimum Gasteiger partial charge on any atom is -0.515 e. The summed E-state index contributed by atoms with van der Waals surface area (Å²) in [6.45, 7) is 10.0. The Bertz CT molecular complexity index is 919. The minimum absolute atomic E-state index is 0.133. The van der Waals surface area contributed by atoms with Crippen LogP contribution in [0.25, 0.3) is 0 Å². The maximum Gasteiger partial charge on any atom is 0.341 e. The van der Waals surface area contributed by atoms with Crippen LogP contribution in [-0.2, 0) is 29.7 Å². The molecule has 7 nitrogen and oxygen atoms in total. The maximum atomic E-state index is 13.0. The Labute approximate surface area is 201 Å². The number of fused-ring (bicyclic) bond motifs is 1. The van der Waals surface area contributed by atoms with Gasteiger partial charge >= 0.3 is 5.97 Å². The Kier molecular flexibility index (Phi) is 7.46. The molecule has 3 atom stereocenters. The molecule has 0 saturated carbocycles. The van der Waals surface area contributed by atoms with E-state index in [9.17, 15) is 14.4 Å². The van der Waals surface area contributed by atoms with Crippen molar-refractivity contribution >= 4 is 52.9 Å². The molecule has 1 aromatic rings. The first kappa shape index (κ1) is 24.9. The number of nitrogens with zero attached hydrogens (tertiary/aromatic N) is 1. The Morgan fingerprint density at radius 1 is 1.25 bits per heavy atom. The maximum absolute atomic E-state index is 13.0. The normalized spacial score (nSPS) is 22.9. The highest BCUT2D eigenvalue weighted by atomic mass is 79.9. The van der Waals surface area contributed by atoms with Gasteiger partial charge in [-0.3, -0.25) is 14.5 Å². The van der Waals surface area contributed by atoms with E-state index in [1.54, 1.807) is 18.2 Å². The number of rotatable bonds is 7. The second-order valence-electron chi connectivity index (χ2n) is 9.30. The molecule has 1 N–H and O–H groups in total. The predicted octanol–water partition coefficient (Wildman–Crippen LogP) is 3.14. The lowest BCUT2D eigenvalue weighted by Gasteiger charge is -2.47. The van der Waals surface area contributed by atoms with Crippen LogP contribution >= 0.6 is 15.9 Å². The van der Waals surface area contributed by atoms with Gasteiger partial charge in [-0.25, -0.2) is 4.79 Å². The standard InChI is InChI=1S/C22H29BrN2O5SSi/c1-22(2,3)32(4,5)30-21(28)16-11-12-31(14-23)20-18(19(27)25(16)20)24-17(26)13-29-15-9-7-6-8-10-15/h6-11,18,20H,12-14H2,1-5H3/p+1/t18?,20-,31?/m1/s1. The van der Waals surface area contributed by atoms with Crippen molar-refractivity contribution in [2.45, 2.75) is 50.3 Å². The molecule has 0 bridgehead atoms. The van der Waals surface area contributed by atoms with Crippen LogP contribution in [0.4, 0.5) is 0 Å². The number of carbonyl (C=O) groups excluding carboxylic acids is 3. The molecule has 2 unspecified atom stereocenters. The number of halogens is 1. The van der Waals surface area contributed by atoms with Crippen LogP contribution in [0, 0.1) is 0 Å². The number of carbonyl (C=O) groups is 3. The van der Waals surface area contributed by atoms with Gasteiger partial charge in [0.1, 0.15) is 17.2 Å². The zero-order valence-corrected chi connectivity index (χ0v) is 22.4. The zero-order valence-electron chi connectivity index (χ0n) is 19.0. The van der Waals surface area contributed by atoms with Crippen molar-refractivity contribution in [2.24, 2.45) is 0 Å². The lowest BCUT2D eigenvalue weighted by atomic mass is 10.1. The first-order chi connectivity index (χ1) is 15.0. The van der Waals surface area contributed by atoms with Gasteiger partial charge in [0.2, 0.25) is 5.37 Å². The average Bonchev–Trinajstić information content (AvgIpc) is 2.74. The van der Waals surface area contributed by atoms with Crippen LogP contribution in [-0.4, -0.2) is 59.4 Å². The molecule has 174 valence electrons. The number of nitrogens with one attached hydrogen (secondary N) is 1. The lowest BCUT2D eigenvalue weighted by molar-refractivity contribution is -0.150. The van der Waals surface area contributed by atoms with Crippen molar-refractivity contribution < 1.29 is 23.5 Å².